The summed E-state index contributed by atoms with van der Waals surface area (Å²) >= 11 is 0. The number of carbonyl (C=O) groups is 1. The quantitative estimate of drug-likeness (QED) is 0.703. The summed E-state index contributed by atoms with van der Waals surface area (Å²) in [5.41, 5.74) is 0. The first-order valence-corrected chi connectivity index (χ1v) is 5.72. The zero-order chi connectivity index (χ0) is 11.3. The third-order valence-corrected chi connectivity index (χ3v) is 2.89. The maximum Gasteiger partial charge on any atom is 0.222 e. The van der Waals surface area contributed by atoms with Crippen LogP contribution in [0.3, 0.4) is 0 Å². The second-order valence-electron chi connectivity index (χ2n) is 4.52. The van der Waals surface area contributed by atoms with E-state index in [1.165, 1.54) is 0 Å². The molecule has 2 N–H and O–H groups in total. The second-order valence-corrected chi connectivity index (χ2v) is 4.52. The molecule has 0 bridgehead atoms. The molecule has 0 aromatic carbocycles. The van der Waals surface area contributed by atoms with Gasteiger partial charge in [0.2, 0.25) is 5.91 Å². The standard InChI is InChI=1S/C11H22N2O2/c1-9(14)8-13(2)11(15)7-10-3-5-12-6-4-10/h9-10,12,14H,3-8H2,1-2H3. The SMILES string of the molecule is CC(O)CN(C)C(=O)CC1CCNCC1. The number of nitrogens with zero attached hydrogens (tertiary/aromatic N) is 1. The van der Waals surface area contributed by atoms with Crippen LogP contribution in [0.5, 0.6) is 0 Å². The van der Waals surface area contributed by atoms with E-state index < -0.39 is 6.10 Å². The van der Waals surface area contributed by atoms with Crippen molar-refractivity contribution in [3.8, 4) is 0 Å². The molecule has 15 heavy (non-hydrogen) atoms. The first kappa shape index (κ1) is 12.5. The Morgan fingerprint density at radius 2 is 2.13 bits per heavy atom. The average Bonchev–Trinajstić information content (AvgIpc) is 2.18. The van der Waals surface area contributed by atoms with Crippen molar-refractivity contribution in [2.75, 3.05) is 26.7 Å². The largest absolute Gasteiger partial charge is 0.392 e. The minimum absolute atomic E-state index is 0.155. The lowest BCUT2D eigenvalue weighted by molar-refractivity contribution is -0.132. The zero-order valence-corrected chi connectivity index (χ0v) is 9.70. The lowest BCUT2D eigenvalue weighted by atomic mass is 9.94. The van der Waals surface area contributed by atoms with Crippen LogP contribution in [0.2, 0.25) is 0 Å². The predicted octanol–water partition coefficient (Wildman–Crippen LogP) is 0.215. The highest BCUT2D eigenvalue weighted by Crippen LogP contribution is 2.16. The summed E-state index contributed by atoms with van der Waals surface area (Å²) in [5.74, 6) is 0.679. The maximum atomic E-state index is 11.7. The van der Waals surface area contributed by atoms with Gasteiger partial charge in [-0.2, -0.15) is 0 Å². The van der Waals surface area contributed by atoms with Crippen molar-refractivity contribution in [1.29, 1.82) is 0 Å². The van der Waals surface area contributed by atoms with Gasteiger partial charge in [-0.05, 0) is 38.8 Å². The molecule has 1 heterocycles. The van der Waals surface area contributed by atoms with Gasteiger partial charge >= 0.3 is 0 Å². The van der Waals surface area contributed by atoms with Gasteiger partial charge in [0.15, 0.2) is 0 Å². The number of rotatable bonds is 4. The molecule has 0 aliphatic carbocycles. The Kier molecular flexibility index (Phi) is 5.05. The maximum absolute atomic E-state index is 11.7. The van der Waals surface area contributed by atoms with Crippen LogP contribution in [-0.2, 0) is 4.79 Å². The van der Waals surface area contributed by atoms with Gasteiger partial charge in [-0.15, -0.1) is 0 Å². The van der Waals surface area contributed by atoms with Gasteiger partial charge < -0.3 is 15.3 Å². The molecule has 1 atom stereocenters. The lowest BCUT2D eigenvalue weighted by Gasteiger charge is -2.25. The first-order chi connectivity index (χ1) is 7.09. The van der Waals surface area contributed by atoms with Crippen molar-refractivity contribution >= 4 is 5.91 Å². The van der Waals surface area contributed by atoms with Crippen LogP contribution in [0.1, 0.15) is 26.2 Å². The summed E-state index contributed by atoms with van der Waals surface area (Å²) in [6, 6.07) is 0. The van der Waals surface area contributed by atoms with Gasteiger partial charge in [0.05, 0.1) is 6.10 Å². The van der Waals surface area contributed by atoms with Crippen molar-refractivity contribution in [3.05, 3.63) is 0 Å². The number of carbonyl (C=O) groups excluding carboxylic acids is 1. The van der Waals surface area contributed by atoms with Gasteiger partial charge in [0.25, 0.3) is 0 Å². The number of hydrogen-bond acceptors (Lipinski definition) is 3. The monoisotopic (exact) mass is 214 g/mol. The van der Waals surface area contributed by atoms with Gasteiger partial charge in [0, 0.05) is 20.0 Å². The van der Waals surface area contributed by atoms with Gasteiger partial charge in [-0.3, -0.25) is 4.79 Å². The smallest absolute Gasteiger partial charge is 0.222 e. The van der Waals surface area contributed by atoms with Crippen LogP contribution in [0, 0.1) is 5.92 Å². The fourth-order valence-electron chi connectivity index (χ4n) is 1.99. The molecule has 0 spiro atoms. The van der Waals surface area contributed by atoms with E-state index in [9.17, 15) is 9.90 Å². The average molecular weight is 214 g/mol. The molecule has 1 aliphatic heterocycles. The Labute approximate surface area is 91.6 Å². The molecule has 1 aliphatic rings. The van der Waals surface area contributed by atoms with Crippen LogP contribution in [0.15, 0.2) is 0 Å². The highest BCUT2D eigenvalue weighted by atomic mass is 16.3. The molecule has 0 saturated carbocycles. The summed E-state index contributed by atoms with van der Waals surface area (Å²) < 4.78 is 0. The summed E-state index contributed by atoms with van der Waals surface area (Å²) in [6.07, 6.45) is 2.37. The number of hydrogen-bond donors (Lipinski definition) is 2. The van der Waals surface area contributed by atoms with Crippen molar-refractivity contribution < 1.29 is 9.90 Å². The summed E-state index contributed by atoms with van der Waals surface area (Å²) in [7, 11) is 1.76. The molecule has 0 aromatic rings. The fourth-order valence-corrected chi connectivity index (χ4v) is 1.99. The zero-order valence-electron chi connectivity index (χ0n) is 9.70. The predicted molar refractivity (Wildman–Crippen MR) is 59.5 cm³/mol. The van der Waals surface area contributed by atoms with Crippen molar-refractivity contribution in [1.82, 2.24) is 10.2 Å². The highest BCUT2D eigenvalue weighted by molar-refractivity contribution is 5.76. The Bertz CT molecular complexity index is 201. The topological polar surface area (TPSA) is 52.6 Å². The van der Waals surface area contributed by atoms with Crippen LogP contribution in [0.25, 0.3) is 0 Å². The molecule has 88 valence electrons. The van der Waals surface area contributed by atoms with Crippen LogP contribution < -0.4 is 5.32 Å². The Hall–Kier alpha value is -0.610. The van der Waals surface area contributed by atoms with Crippen molar-refractivity contribution in [2.45, 2.75) is 32.3 Å². The Balaban J connectivity index is 2.27. The number of likely N-dealkylation sites (N-methyl/N-ethyl adjacent to an activating group) is 1. The number of amides is 1. The van der Waals surface area contributed by atoms with Crippen LogP contribution in [-0.4, -0.2) is 48.7 Å². The van der Waals surface area contributed by atoms with E-state index in [1.807, 2.05) is 0 Å². The second kappa shape index (κ2) is 6.08. The van der Waals surface area contributed by atoms with E-state index in [0.717, 1.165) is 25.9 Å². The van der Waals surface area contributed by atoms with Gasteiger partial charge in [-0.25, -0.2) is 0 Å². The number of aliphatic hydroxyl groups excluding tert-OH is 1. The number of nitrogens with one attached hydrogen (secondary N) is 1. The third kappa shape index (κ3) is 4.62. The number of aliphatic hydroxyl groups is 1. The lowest BCUT2D eigenvalue weighted by Crippen LogP contribution is -2.36. The highest BCUT2D eigenvalue weighted by Gasteiger charge is 2.19. The van der Waals surface area contributed by atoms with Gasteiger partial charge in [-0.1, -0.05) is 0 Å². The van der Waals surface area contributed by atoms with E-state index in [2.05, 4.69) is 5.32 Å². The fraction of sp³-hybridized carbons (Fsp3) is 0.909. The molecule has 1 unspecified atom stereocenters. The molecule has 0 aromatic heterocycles. The molecule has 0 radical (unpaired) electrons. The third-order valence-electron chi connectivity index (χ3n) is 2.89. The summed E-state index contributed by atoms with van der Waals surface area (Å²) in [5, 5.41) is 12.5. The van der Waals surface area contributed by atoms with Crippen LogP contribution >= 0.6 is 0 Å². The molecule has 1 saturated heterocycles. The van der Waals surface area contributed by atoms with E-state index in [1.54, 1.807) is 18.9 Å². The Morgan fingerprint density at radius 1 is 1.53 bits per heavy atom. The molecule has 1 rings (SSSR count). The van der Waals surface area contributed by atoms with E-state index >= 15 is 0 Å². The van der Waals surface area contributed by atoms with E-state index in [4.69, 9.17) is 0 Å². The molecular weight excluding hydrogens is 192 g/mol. The van der Waals surface area contributed by atoms with E-state index in [0.29, 0.717) is 18.9 Å². The molecule has 4 heteroatoms. The van der Waals surface area contributed by atoms with Crippen molar-refractivity contribution in [2.24, 2.45) is 5.92 Å². The summed E-state index contributed by atoms with van der Waals surface area (Å²) in [4.78, 5) is 13.4. The molecular formula is C11H22N2O2. The molecule has 4 nitrogen and oxygen atoms in total. The van der Waals surface area contributed by atoms with Crippen molar-refractivity contribution in [3.63, 3.8) is 0 Å². The molecule has 1 amide bonds. The van der Waals surface area contributed by atoms with Gasteiger partial charge in [0.1, 0.15) is 0 Å². The first-order valence-electron chi connectivity index (χ1n) is 5.72. The molecule has 1 fully saturated rings. The van der Waals surface area contributed by atoms with E-state index in [-0.39, 0.29) is 5.91 Å². The summed E-state index contributed by atoms with van der Waals surface area (Å²) in [6.45, 7) is 4.19. The normalized spacial score (nSPS) is 19.9. The number of piperidine rings is 1. The minimum Gasteiger partial charge on any atom is -0.392 e. The Morgan fingerprint density at radius 3 is 2.67 bits per heavy atom. The minimum atomic E-state index is -0.438. The van der Waals surface area contributed by atoms with Crippen LogP contribution in [0.4, 0.5) is 0 Å².